The van der Waals surface area contributed by atoms with Gasteiger partial charge in [0.25, 0.3) is 11.8 Å². The molecule has 6 nitrogen and oxygen atoms in total. The summed E-state index contributed by atoms with van der Waals surface area (Å²) in [4.78, 5) is 26.1. The molecule has 0 N–H and O–H groups in total. The molecule has 0 aromatic heterocycles. The van der Waals surface area contributed by atoms with E-state index in [4.69, 9.17) is 21.1 Å². The third-order valence-electron chi connectivity index (χ3n) is 7.68. The highest BCUT2D eigenvalue weighted by molar-refractivity contribution is 6.31. The Balaban J connectivity index is 1.18. The average Bonchev–Trinajstić information content (AvgIpc) is 3.43. The molecule has 7 heteroatoms. The minimum absolute atomic E-state index is 0.170. The van der Waals surface area contributed by atoms with Crippen LogP contribution in [0, 0.1) is 29.1 Å². The molecule has 2 amide bonds. The van der Waals surface area contributed by atoms with Crippen LogP contribution in [0.25, 0.3) is 0 Å². The van der Waals surface area contributed by atoms with E-state index in [0.717, 1.165) is 23.4 Å². The summed E-state index contributed by atoms with van der Waals surface area (Å²) in [6, 6.07) is 12.9. The molecule has 168 valence electrons. The van der Waals surface area contributed by atoms with Gasteiger partial charge in [-0.25, -0.2) is 0 Å². The molecule has 2 saturated carbocycles. The Bertz CT molecular complexity index is 1180. The molecular formula is C26H23ClN2O4. The fourth-order valence-electron chi connectivity index (χ4n) is 5.96. The van der Waals surface area contributed by atoms with Gasteiger partial charge in [-0.2, -0.15) is 10.1 Å². The van der Waals surface area contributed by atoms with Gasteiger partial charge in [0.15, 0.2) is 11.5 Å². The zero-order valence-electron chi connectivity index (χ0n) is 18.1. The maximum absolute atomic E-state index is 13.1. The number of hydrazone groups is 1. The number of carbonyl (C=O) groups is 2. The van der Waals surface area contributed by atoms with Crippen molar-refractivity contribution in [1.82, 2.24) is 5.01 Å². The van der Waals surface area contributed by atoms with Gasteiger partial charge in [0.2, 0.25) is 0 Å². The van der Waals surface area contributed by atoms with Gasteiger partial charge >= 0.3 is 0 Å². The van der Waals surface area contributed by atoms with Crippen molar-refractivity contribution in [3.8, 4) is 11.5 Å². The molecule has 0 radical (unpaired) electrons. The van der Waals surface area contributed by atoms with Crippen molar-refractivity contribution in [1.29, 1.82) is 0 Å². The van der Waals surface area contributed by atoms with E-state index >= 15 is 0 Å². The molecule has 33 heavy (non-hydrogen) atoms. The Hall–Kier alpha value is -3.12. The van der Waals surface area contributed by atoms with E-state index in [1.54, 1.807) is 19.2 Å². The van der Waals surface area contributed by atoms with Crippen molar-refractivity contribution >= 4 is 29.6 Å². The van der Waals surface area contributed by atoms with Crippen molar-refractivity contribution in [3.63, 3.8) is 0 Å². The number of rotatable bonds is 6. The molecule has 6 rings (SSSR count). The summed E-state index contributed by atoms with van der Waals surface area (Å²) in [6.07, 6.45) is 8.08. The number of nitrogens with zero attached hydrogens (tertiary/aromatic N) is 2. The molecule has 1 spiro atoms. The van der Waals surface area contributed by atoms with Crippen molar-refractivity contribution in [2.75, 3.05) is 7.11 Å². The minimum Gasteiger partial charge on any atom is -0.493 e. The minimum atomic E-state index is -0.248. The second kappa shape index (κ2) is 7.45. The normalized spacial score (nSPS) is 28.2. The number of hydrogen-bond acceptors (Lipinski definition) is 5. The molecular weight excluding hydrogens is 440 g/mol. The predicted octanol–water partition coefficient (Wildman–Crippen LogP) is 4.46. The molecule has 4 atom stereocenters. The third kappa shape index (κ3) is 3.04. The number of hydrogen-bond donors (Lipinski definition) is 0. The van der Waals surface area contributed by atoms with E-state index in [-0.39, 0.29) is 40.9 Å². The van der Waals surface area contributed by atoms with Gasteiger partial charge < -0.3 is 9.47 Å². The number of carbonyl (C=O) groups excluding carboxylic acids is 2. The zero-order chi connectivity index (χ0) is 22.7. The number of imide groups is 1. The van der Waals surface area contributed by atoms with Crippen molar-refractivity contribution in [2.45, 2.75) is 19.4 Å². The Morgan fingerprint density at radius 1 is 1.06 bits per heavy atom. The van der Waals surface area contributed by atoms with Crippen LogP contribution < -0.4 is 9.47 Å². The Kier molecular flexibility index (Phi) is 4.63. The lowest BCUT2D eigenvalue weighted by Gasteiger charge is -2.18. The van der Waals surface area contributed by atoms with E-state index in [1.807, 2.05) is 30.3 Å². The smallest absolute Gasteiger partial charge is 0.254 e. The van der Waals surface area contributed by atoms with E-state index in [2.05, 4.69) is 17.3 Å². The van der Waals surface area contributed by atoms with Crippen LogP contribution >= 0.6 is 11.6 Å². The van der Waals surface area contributed by atoms with E-state index in [0.29, 0.717) is 28.7 Å². The standard InChI is InChI=1S/C26H23ClN2O4/c1-32-21-12-15(6-9-20(21)33-14-16-4-2-3-5-19(16)27)13-28-29-24(30)22-17-7-8-18(23(22)25(29)31)26(17)10-11-26/h2-9,12-13,17-18,22-23H,10-11,14H2,1H3/b28-13-/t17-,18-,22-,23-/m1/s1. The molecule has 2 aromatic rings. The van der Waals surface area contributed by atoms with Crippen LogP contribution in [0.5, 0.6) is 11.5 Å². The SMILES string of the molecule is COc1cc(/C=N\N2C(=O)[C@H]3[C@H](C2=O)[C@H]2C=C[C@H]3C23CC3)ccc1OCc1ccccc1Cl. The van der Waals surface area contributed by atoms with Crippen molar-refractivity contribution in [2.24, 2.45) is 34.2 Å². The second-order valence-corrected chi connectivity index (χ2v) is 9.65. The molecule has 1 saturated heterocycles. The predicted molar refractivity (Wildman–Crippen MR) is 123 cm³/mol. The summed E-state index contributed by atoms with van der Waals surface area (Å²) >= 11 is 6.20. The van der Waals surface area contributed by atoms with Crippen LogP contribution in [0.2, 0.25) is 5.02 Å². The lowest BCUT2D eigenvalue weighted by atomic mass is 9.85. The van der Waals surface area contributed by atoms with Gasteiger partial charge in [-0.15, -0.1) is 0 Å². The molecule has 2 bridgehead atoms. The summed E-state index contributed by atoms with van der Waals surface area (Å²) in [6.45, 7) is 0.306. The zero-order valence-corrected chi connectivity index (χ0v) is 18.9. The van der Waals surface area contributed by atoms with Crippen LogP contribution in [0.4, 0.5) is 0 Å². The monoisotopic (exact) mass is 462 g/mol. The first kappa shape index (κ1) is 20.5. The number of ether oxygens (including phenoxy) is 2. The summed E-state index contributed by atoms with van der Waals surface area (Å²) in [5.74, 6) is 0.642. The number of amides is 2. The highest BCUT2D eigenvalue weighted by Gasteiger charge is 2.73. The lowest BCUT2D eigenvalue weighted by Crippen LogP contribution is -2.30. The summed E-state index contributed by atoms with van der Waals surface area (Å²) in [5, 5.41) is 6.00. The third-order valence-corrected chi connectivity index (χ3v) is 8.05. The summed E-state index contributed by atoms with van der Waals surface area (Å²) in [5.41, 5.74) is 1.76. The van der Waals surface area contributed by atoms with Gasteiger partial charge in [-0.3, -0.25) is 9.59 Å². The molecule has 3 aliphatic carbocycles. The van der Waals surface area contributed by atoms with Gasteiger partial charge in [0, 0.05) is 10.6 Å². The number of methoxy groups -OCH3 is 1. The number of allylic oxidation sites excluding steroid dienone is 2. The molecule has 1 heterocycles. The van der Waals surface area contributed by atoms with Crippen LogP contribution in [0.3, 0.4) is 0 Å². The topological polar surface area (TPSA) is 68.2 Å². The van der Waals surface area contributed by atoms with E-state index in [1.165, 1.54) is 6.21 Å². The fraction of sp³-hybridized carbons (Fsp3) is 0.346. The second-order valence-electron chi connectivity index (χ2n) is 9.24. The van der Waals surface area contributed by atoms with Crippen LogP contribution in [-0.2, 0) is 16.2 Å². The van der Waals surface area contributed by atoms with Crippen LogP contribution in [0.1, 0.15) is 24.0 Å². The van der Waals surface area contributed by atoms with Gasteiger partial charge in [-0.1, -0.05) is 42.0 Å². The van der Waals surface area contributed by atoms with Gasteiger partial charge in [0.1, 0.15) is 6.61 Å². The molecule has 0 unspecified atom stereocenters. The maximum atomic E-state index is 13.1. The van der Waals surface area contributed by atoms with E-state index < -0.39 is 0 Å². The number of benzene rings is 2. The summed E-state index contributed by atoms with van der Waals surface area (Å²) < 4.78 is 11.4. The van der Waals surface area contributed by atoms with Crippen molar-refractivity contribution < 1.29 is 19.1 Å². The first-order valence-electron chi connectivity index (χ1n) is 11.2. The summed E-state index contributed by atoms with van der Waals surface area (Å²) in [7, 11) is 1.56. The average molecular weight is 463 g/mol. The molecule has 1 aliphatic heterocycles. The highest BCUT2D eigenvalue weighted by atomic mass is 35.5. The van der Waals surface area contributed by atoms with E-state index in [9.17, 15) is 9.59 Å². The Morgan fingerprint density at radius 3 is 2.39 bits per heavy atom. The molecule has 2 aromatic carbocycles. The molecule has 4 aliphatic rings. The number of halogens is 1. The van der Waals surface area contributed by atoms with Crippen molar-refractivity contribution in [3.05, 3.63) is 70.8 Å². The van der Waals surface area contributed by atoms with Crippen LogP contribution in [-0.4, -0.2) is 30.1 Å². The fourth-order valence-corrected chi connectivity index (χ4v) is 6.15. The first-order valence-corrected chi connectivity index (χ1v) is 11.6. The largest absolute Gasteiger partial charge is 0.493 e. The molecule has 3 fully saturated rings. The highest BCUT2D eigenvalue weighted by Crippen LogP contribution is 2.73. The van der Waals surface area contributed by atoms with Gasteiger partial charge in [-0.05, 0) is 59.9 Å². The first-order chi connectivity index (χ1) is 16.0. The number of fused-ring (bicyclic) bond motifs is 3. The Labute approximate surface area is 196 Å². The maximum Gasteiger partial charge on any atom is 0.254 e. The quantitative estimate of drug-likeness (QED) is 0.361. The lowest BCUT2D eigenvalue weighted by molar-refractivity contribution is -0.141. The van der Waals surface area contributed by atoms with Gasteiger partial charge in [0.05, 0.1) is 25.2 Å². The van der Waals surface area contributed by atoms with Crippen LogP contribution in [0.15, 0.2) is 59.7 Å². The Morgan fingerprint density at radius 2 is 1.76 bits per heavy atom.